The Hall–Kier alpha value is -1.45. The molecule has 0 spiro atoms. The van der Waals surface area contributed by atoms with Crippen molar-refractivity contribution in [3.63, 3.8) is 0 Å². The van der Waals surface area contributed by atoms with Crippen molar-refractivity contribution in [3.05, 3.63) is 69.7 Å². The molecule has 21 heavy (non-hydrogen) atoms. The lowest BCUT2D eigenvalue weighted by atomic mass is 10.0. The van der Waals surface area contributed by atoms with E-state index in [1.54, 1.807) is 6.92 Å². The summed E-state index contributed by atoms with van der Waals surface area (Å²) in [7, 11) is 0. The van der Waals surface area contributed by atoms with Gasteiger partial charge in [-0.3, -0.25) is 4.79 Å². The Balaban J connectivity index is 1.97. The molecule has 0 amide bonds. The lowest BCUT2D eigenvalue weighted by Gasteiger charge is -2.13. The van der Waals surface area contributed by atoms with Crippen LogP contribution in [-0.2, 0) is 17.8 Å². The number of carbonyl (C=O) groups is 1. The van der Waals surface area contributed by atoms with E-state index in [9.17, 15) is 4.79 Å². The molecule has 0 bridgehead atoms. The summed E-state index contributed by atoms with van der Waals surface area (Å²) < 4.78 is 6.70. The topological polar surface area (TPSA) is 26.3 Å². The predicted octanol–water partition coefficient (Wildman–Crippen LogP) is 4.80. The van der Waals surface area contributed by atoms with Crippen LogP contribution in [0.25, 0.3) is 0 Å². The second kappa shape index (κ2) is 7.53. The van der Waals surface area contributed by atoms with Crippen LogP contribution in [-0.4, -0.2) is 11.9 Å². The monoisotopic (exact) mass is 346 g/mol. The number of ketones is 1. The van der Waals surface area contributed by atoms with E-state index in [4.69, 9.17) is 4.74 Å². The Morgan fingerprint density at radius 2 is 1.81 bits per heavy atom. The van der Waals surface area contributed by atoms with Crippen molar-refractivity contribution >= 4 is 21.7 Å². The first kappa shape index (κ1) is 15.9. The van der Waals surface area contributed by atoms with Crippen LogP contribution in [0.5, 0.6) is 0 Å². The van der Waals surface area contributed by atoms with Crippen LogP contribution in [0.1, 0.15) is 35.3 Å². The molecule has 2 aromatic rings. The minimum atomic E-state index is -0.454. The highest BCUT2D eigenvalue weighted by Crippen LogP contribution is 2.18. The molecule has 0 aliphatic rings. The molecule has 2 nitrogen and oxygen atoms in total. The zero-order valence-corrected chi connectivity index (χ0v) is 13.9. The van der Waals surface area contributed by atoms with Gasteiger partial charge in [0.1, 0.15) is 6.10 Å². The average Bonchev–Trinajstić information content (AvgIpc) is 2.53. The fraction of sp³-hybridized carbons (Fsp3) is 0.278. The van der Waals surface area contributed by atoms with Gasteiger partial charge in [-0.25, -0.2) is 0 Å². The molecule has 2 aromatic carbocycles. The van der Waals surface area contributed by atoms with Gasteiger partial charge in [0, 0.05) is 10.0 Å². The van der Waals surface area contributed by atoms with E-state index in [1.165, 1.54) is 5.56 Å². The predicted molar refractivity (Wildman–Crippen MR) is 88.5 cm³/mol. The number of carbonyl (C=O) groups excluding carboxylic acids is 1. The SMILES string of the molecule is CCc1ccc(C(=O)C(C)OCc2ccccc2Br)cc1. The van der Waals surface area contributed by atoms with Crippen LogP contribution in [0.3, 0.4) is 0 Å². The Morgan fingerprint density at radius 3 is 2.43 bits per heavy atom. The van der Waals surface area contributed by atoms with E-state index in [2.05, 4.69) is 22.9 Å². The van der Waals surface area contributed by atoms with Crippen LogP contribution < -0.4 is 0 Å². The van der Waals surface area contributed by atoms with Gasteiger partial charge < -0.3 is 4.74 Å². The second-order valence-electron chi connectivity index (χ2n) is 4.96. The fourth-order valence-corrected chi connectivity index (χ4v) is 2.44. The van der Waals surface area contributed by atoms with Crippen molar-refractivity contribution in [1.82, 2.24) is 0 Å². The quantitative estimate of drug-likeness (QED) is 0.702. The maximum atomic E-state index is 12.3. The smallest absolute Gasteiger partial charge is 0.191 e. The van der Waals surface area contributed by atoms with Gasteiger partial charge in [0.15, 0.2) is 5.78 Å². The van der Waals surface area contributed by atoms with E-state index < -0.39 is 6.10 Å². The molecule has 3 heteroatoms. The normalized spacial score (nSPS) is 12.1. The van der Waals surface area contributed by atoms with E-state index in [1.807, 2.05) is 48.5 Å². The van der Waals surface area contributed by atoms with Crippen molar-refractivity contribution < 1.29 is 9.53 Å². The van der Waals surface area contributed by atoms with Gasteiger partial charge in [-0.15, -0.1) is 0 Å². The van der Waals surface area contributed by atoms with E-state index in [-0.39, 0.29) is 5.78 Å². The van der Waals surface area contributed by atoms with Crippen LogP contribution in [0.4, 0.5) is 0 Å². The Morgan fingerprint density at radius 1 is 1.14 bits per heavy atom. The standard InChI is InChI=1S/C18H19BrO2/c1-3-14-8-10-15(11-9-14)18(20)13(2)21-12-16-6-4-5-7-17(16)19/h4-11,13H,3,12H2,1-2H3. The van der Waals surface area contributed by atoms with Crippen LogP contribution in [0.2, 0.25) is 0 Å². The van der Waals surface area contributed by atoms with Gasteiger partial charge in [0.2, 0.25) is 0 Å². The number of benzene rings is 2. The third-order valence-corrected chi connectivity index (χ3v) is 4.24. The van der Waals surface area contributed by atoms with E-state index >= 15 is 0 Å². The highest BCUT2D eigenvalue weighted by atomic mass is 79.9. The molecule has 2 rings (SSSR count). The molecule has 1 atom stereocenters. The number of hydrogen-bond acceptors (Lipinski definition) is 2. The van der Waals surface area contributed by atoms with Crippen LogP contribution in [0, 0.1) is 0 Å². The van der Waals surface area contributed by atoms with Crippen molar-refractivity contribution in [2.45, 2.75) is 33.0 Å². The molecule has 0 saturated carbocycles. The number of Topliss-reactive ketones (excluding diaryl/α,β-unsaturated/α-hetero) is 1. The third kappa shape index (κ3) is 4.26. The lowest BCUT2D eigenvalue weighted by Crippen LogP contribution is -2.20. The van der Waals surface area contributed by atoms with Gasteiger partial charge in [-0.05, 0) is 30.5 Å². The van der Waals surface area contributed by atoms with Gasteiger partial charge in [-0.2, -0.15) is 0 Å². The first-order valence-corrected chi connectivity index (χ1v) is 7.89. The highest BCUT2D eigenvalue weighted by molar-refractivity contribution is 9.10. The molecule has 0 aliphatic carbocycles. The van der Waals surface area contributed by atoms with Gasteiger partial charge in [0.25, 0.3) is 0 Å². The van der Waals surface area contributed by atoms with E-state index in [0.29, 0.717) is 12.2 Å². The molecule has 0 radical (unpaired) electrons. The highest BCUT2D eigenvalue weighted by Gasteiger charge is 2.16. The molecule has 0 aromatic heterocycles. The Kier molecular flexibility index (Phi) is 5.71. The average molecular weight is 347 g/mol. The van der Waals surface area contributed by atoms with Crippen LogP contribution in [0.15, 0.2) is 53.0 Å². The summed E-state index contributed by atoms with van der Waals surface area (Å²) in [6.45, 7) is 4.31. The summed E-state index contributed by atoms with van der Waals surface area (Å²) in [5, 5.41) is 0. The minimum absolute atomic E-state index is 0.0182. The number of hydrogen-bond donors (Lipinski definition) is 0. The molecule has 110 valence electrons. The summed E-state index contributed by atoms with van der Waals surface area (Å²) in [6.07, 6.45) is 0.521. The maximum Gasteiger partial charge on any atom is 0.191 e. The second-order valence-corrected chi connectivity index (χ2v) is 5.81. The number of halogens is 1. The number of aryl methyl sites for hydroxylation is 1. The van der Waals surface area contributed by atoms with Crippen LogP contribution >= 0.6 is 15.9 Å². The van der Waals surface area contributed by atoms with E-state index in [0.717, 1.165) is 16.5 Å². The van der Waals surface area contributed by atoms with Crippen molar-refractivity contribution in [2.75, 3.05) is 0 Å². The van der Waals surface area contributed by atoms with Crippen molar-refractivity contribution in [1.29, 1.82) is 0 Å². The number of rotatable bonds is 6. The van der Waals surface area contributed by atoms with Gasteiger partial charge in [0.05, 0.1) is 6.61 Å². The van der Waals surface area contributed by atoms with Crippen molar-refractivity contribution in [3.8, 4) is 0 Å². The molecule has 0 aliphatic heterocycles. The zero-order chi connectivity index (χ0) is 15.2. The fourth-order valence-electron chi connectivity index (χ4n) is 2.05. The zero-order valence-electron chi connectivity index (χ0n) is 12.3. The molecule has 0 heterocycles. The summed E-state index contributed by atoms with van der Waals surface area (Å²) in [5.74, 6) is 0.0182. The largest absolute Gasteiger partial charge is 0.366 e. The molecular formula is C18H19BrO2. The van der Waals surface area contributed by atoms with Gasteiger partial charge >= 0.3 is 0 Å². The minimum Gasteiger partial charge on any atom is -0.366 e. The first-order chi connectivity index (χ1) is 10.1. The van der Waals surface area contributed by atoms with Gasteiger partial charge in [-0.1, -0.05) is 65.3 Å². The third-order valence-electron chi connectivity index (χ3n) is 3.46. The number of ether oxygens (including phenoxy) is 1. The molecule has 0 fully saturated rings. The first-order valence-electron chi connectivity index (χ1n) is 7.10. The summed E-state index contributed by atoms with van der Waals surface area (Å²) in [5.41, 5.74) is 2.97. The molecule has 0 N–H and O–H groups in total. The summed E-state index contributed by atoms with van der Waals surface area (Å²) in [6, 6.07) is 15.6. The lowest BCUT2D eigenvalue weighted by molar-refractivity contribution is 0.0410. The van der Waals surface area contributed by atoms with Crippen molar-refractivity contribution in [2.24, 2.45) is 0 Å². The molecule has 0 saturated heterocycles. The molecular weight excluding hydrogens is 328 g/mol. The molecule has 1 unspecified atom stereocenters. The maximum absolute atomic E-state index is 12.3. The Bertz CT molecular complexity index is 605. The summed E-state index contributed by atoms with van der Waals surface area (Å²) in [4.78, 5) is 12.3. The summed E-state index contributed by atoms with van der Waals surface area (Å²) >= 11 is 3.48. The Labute approximate surface area is 134 Å².